The summed E-state index contributed by atoms with van der Waals surface area (Å²) in [4.78, 5) is 12.5. The Bertz CT molecular complexity index is 479. The Balaban J connectivity index is 1.98. The lowest BCUT2D eigenvalue weighted by Crippen LogP contribution is -2.43. The molecule has 0 aromatic carbocycles. The molecule has 3 nitrogen and oxygen atoms in total. The van der Waals surface area contributed by atoms with Crippen LogP contribution in [-0.2, 0) is 9.53 Å². The molecule has 1 N–H and O–H groups in total. The number of rotatable bonds is 1. The Morgan fingerprint density at radius 1 is 1.43 bits per heavy atom. The number of allylic oxidation sites excluding steroid dienone is 2. The summed E-state index contributed by atoms with van der Waals surface area (Å²) in [5, 5.41) is 10.5. The molecule has 6 atom stereocenters. The van der Waals surface area contributed by atoms with Gasteiger partial charge in [0.1, 0.15) is 5.78 Å². The number of aliphatic hydroxyl groups is 1. The standard InChI is InChI=1S/C18H26O3/c1-10(2)12-7-8-13(19)17-15-9-11(3)5-4-6-14(20)18(21-15)16(12)17/h5,12,14-18,20H,1,4,6-9H2,2-3H3/b11-5+/t12-,14+,15-,16-,17-,18+/m1/s1. The first-order valence-electron chi connectivity index (χ1n) is 8.16. The van der Waals surface area contributed by atoms with Gasteiger partial charge in [0.25, 0.3) is 0 Å². The Labute approximate surface area is 127 Å². The number of ketones is 1. The number of hydrogen-bond donors (Lipinski definition) is 1. The molecule has 1 aliphatic carbocycles. The number of fused-ring (bicyclic) bond motifs is 5. The van der Waals surface area contributed by atoms with E-state index in [0.29, 0.717) is 18.1 Å². The number of carbonyl (C=O) groups excluding carboxylic acids is 1. The van der Waals surface area contributed by atoms with E-state index < -0.39 is 6.10 Å². The van der Waals surface area contributed by atoms with Crippen LogP contribution >= 0.6 is 0 Å². The van der Waals surface area contributed by atoms with E-state index in [0.717, 1.165) is 31.3 Å². The van der Waals surface area contributed by atoms with E-state index in [4.69, 9.17) is 4.74 Å². The second-order valence-corrected chi connectivity index (χ2v) is 7.10. The van der Waals surface area contributed by atoms with Crippen LogP contribution in [0.3, 0.4) is 0 Å². The lowest BCUT2D eigenvalue weighted by molar-refractivity contribution is -0.128. The number of carbonyl (C=O) groups is 1. The van der Waals surface area contributed by atoms with Crippen molar-refractivity contribution in [2.45, 2.75) is 64.3 Å². The zero-order valence-corrected chi connectivity index (χ0v) is 13.0. The summed E-state index contributed by atoms with van der Waals surface area (Å²) < 4.78 is 6.21. The highest BCUT2D eigenvalue weighted by atomic mass is 16.5. The summed E-state index contributed by atoms with van der Waals surface area (Å²) in [6.07, 6.45) is 5.37. The molecular weight excluding hydrogens is 264 g/mol. The minimum Gasteiger partial charge on any atom is -0.390 e. The van der Waals surface area contributed by atoms with Crippen LogP contribution in [0.5, 0.6) is 0 Å². The van der Waals surface area contributed by atoms with Gasteiger partial charge in [-0.3, -0.25) is 4.79 Å². The Morgan fingerprint density at radius 2 is 2.19 bits per heavy atom. The van der Waals surface area contributed by atoms with Gasteiger partial charge in [-0.05, 0) is 45.4 Å². The predicted molar refractivity (Wildman–Crippen MR) is 81.8 cm³/mol. The van der Waals surface area contributed by atoms with Crippen molar-refractivity contribution in [2.24, 2.45) is 17.8 Å². The molecular formula is C18H26O3. The Morgan fingerprint density at radius 3 is 2.90 bits per heavy atom. The van der Waals surface area contributed by atoms with E-state index in [-0.39, 0.29) is 24.0 Å². The molecule has 0 aromatic heterocycles. The van der Waals surface area contributed by atoms with Gasteiger partial charge in [0.15, 0.2) is 0 Å². The highest BCUT2D eigenvalue weighted by Crippen LogP contribution is 2.49. The van der Waals surface area contributed by atoms with Crippen molar-refractivity contribution in [3.05, 3.63) is 23.8 Å². The van der Waals surface area contributed by atoms with Crippen LogP contribution in [0.15, 0.2) is 23.8 Å². The Hall–Kier alpha value is -0.930. The quantitative estimate of drug-likeness (QED) is 0.755. The summed E-state index contributed by atoms with van der Waals surface area (Å²) in [5.41, 5.74) is 2.40. The van der Waals surface area contributed by atoms with Crippen LogP contribution < -0.4 is 0 Å². The normalized spacial score (nSPS) is 45.9. The van der Waals surface area contributed by atoms with Gasteiger partial charge < -0.3 is 9.84 Å². The van der Waals surface area contributed by atoms with Crippen LogP contribution in [0.25, 0.3) is 0 Å². The molecule has 116 valence electrons. The van der Waals surface area contributed by atoms with Gasteiger partial charge in [-0.1, -0.05) is 23.8 Å². The summed E-state index contributed by atoms with van der Waals surface area (Å²) in [6, 6.07) is 0. The molecule has 1 saturated heterocycles. The van der Waals surface area contributed by atoms with E-state index in [2.05, 4.69) is 19.6 Å². The summed E-state index contributed by atoms with van der Waals surface area (Å²) >= 11 is 0. The zero-order chi connectivity index (χ0) is 15.1. The van der Waals surface area contributed by atoms with E-state index in [1.54, 1.807) is 0 Å². The largest absolute Gasteiger partial charge is 0.390 e. The fraction of sp³-hybridized carbons (Fsp3) is 0.722. The molecule has 2 fully saturated rings. The van der Waals surface area contributed by atoms with E-state index in [1.165, 1.54) is 5.57 Å². The molecule has 1 saturated carbocycles. The van der Waals surface area contributed by atoms with Crippen LogP contribution in [0.2, 0.25) is 0 Å². The maximum Gasteiger partial charge on any atom is 0.139 e. The van der Waals surface area contributed by atoms with Gasteiger partial charge in [-0.2, -0.15) is 0 Å². The van der Waals surface area contributed by atoms with E-state index in [1.807, 2.05) is 6.92 Å². The topological polar surface area (TPSA) is 46.5 Å². The predicted octanol–water partition coefficient (Wildman–Crippen LogP) is 3.03. The third kappa shape index (κ3) is 2.62. The van der Waals surface area contributed by atoms with Crippen molar-refractivity contribution in [3.63, 3.8) is 0 Å². The molecule has 21 heavy (non-hydrogen) atoms. The van der Waals surface area contributed by atoms with Crippen molar-refractivity contribution in [3.8, 4) is 0 Å². The molecule has 0 radical (unpaired) electrons. The highest BCUT2D eigenvalue weighted by molar-refractivity contribution is 5.83. The minimum absolute atomic E-state index is 0.0541. The van der Waals surface area contributed by atoms with E-state index in [9.17, 15) is 9.90 Å². The average Bonchev–Trinajstić information content (AvgIpc) is 2.80. The highest BCUT2D eigenvalue weighted by Gasteiger charge is 2.54. The van der Waals surface area contributed by atoms with E-state index >= 15 is 0 Å². The maximum atomic E-state index is 12.5. The van der Waals surface area contributed by atoms with Gasteiger partial charge in [0.05, 0.1) is 24.2 Å². The number of ether oxygens (including phenoxy) is 1. The van der Waals surface area contributed by atoms with Crippen LogP contribution in [0, 0.1) is 17.8 Å². The third-order valence-corrected chi connectivity index (χ3v) is 5.56. The lowest BCUT2D eigenvalue weighted by atomic mass is 9.65. The lowest BCUT2D eigenvalue weighted by Gasteiger charge is -2.37. The van der Waals surface area contributed by atoms with Crippen molar-refractivity contribution < 1.29 is 14.6 Å². The molecule has 3 aliphatic rings. The first-order chi connectivity index (χ1) is 9.99. The maximum absolute atomic E-state index is 12.5. The molecule has 0 spiro atoms. The molecule has 0 aromatic rings. The molecule has 3 heteroatoms. The SMILES string of the molecule is C=C(C)[C@H]1CCC(=O)[C@H]2[C@@H]1[C@H]1O[C@@H]2C/C(C)=C/CC[C@@H]1O. The van der Waals surface area contributed by atoms with Gasteiger partial charge in [0.2, 0.25) is 0 Å². The van der Waals surface area contributed by atoms with Crippen molar-refractivity contribution in [1.29, 1.82) is 0 Å². The fourth-order valence-corrected chi connectivity index (χ4v) is 4.55. The zero-order valence-electron chi connectivity index (χ0n) is 13.0. The smallest absolute Gasteiger partial charge is 0.139 e. The number of aliphatic hydroxyl groups excluding tert-OH is 1. The van der Waals surface area contributed by atoms with Crippen molar-refractivity contribution in [2.75, 3.05) is 0 Å². The van der Waals surface area contributed by atoms with Crippen molar-refractivity contribution in [1.82, 2.24) is 0 Å². The molecule has 3 rings (SSSR count). The monoisotopic (exact) mass is 290 g/mol. The number of Topliss-reactive ketones (excluding diaryl/α,β-unsaturated/α-hetero) is 1. The first kappa shape index (κ1) is 15.0. The molecule has 0 amide bonds. The van der Waals surface area contributed by atoms with Crippen LogP contribution in [0.4, 0.5) is 0 Å². The molecule has 2 aliphatic heterocycles. The summed E-state index contributed by atoms with van der Waals surface area (Å²) in [6.45, 7) is 8.27. The van der Waals surface area contributed by atoms with Gasteiger partial charge in [-0.25, -0.2) is 0 Å². The van der Waals surface area contributed by atoms with Crippen LogP contribution in [-0.4, -0.2) is 29.2 Å². The number of hydrogen-bond acceptors (Lipinski definition) is 3. The molecule has 2 bridgehead atoms. The second kappa shape index (κ2) is 5.69. The average molecular weight is 290 g/mol. The first-order valence-corrected chi connectivity index (χ1v) is 8.16. The molecule has 0 unspecified atom stereocenters. The summed E-state index contributed by atoms with van der Waals surface area (Å²) in [7, 11) is 0. The van der Waals surface area contributed by atoms with Gasteiger partial charge >= 0.3 is 0 Å². The molecule has 2 heterocycles. The van der Waals surface area contributed by atoms with Crippen LogP contribution in [0.1, 0.15) is 46.0 Å². The minimum atomic E-state index is -0.475. The van der Waals surface area contributed by atoms with Gasteiger partial charge in [0, 0.05) is 12.3 Å². The third-order valence-electron chi connectivity index (χ3n) is 5.56. The Kier molecular flexibility index (Phi) is 4.06. The van der Waals surface area contributed by atoms with Crippen molar-refractivity contribution >= 4 is 5.78 Å². The second-order valence-electron chi connectivity index (χ2n) is 7.10. The van der Waals surface area contributed by atoms with Gasteiger partial charge in [-0.15, -0.1) is 0 Å². The summed E-state index contributed by atoms with van der Waals surface area (Å²) in [5.74, 6) is 0.697. The fourth-order valence-electron chi connectivity index (χ4n) is 4.55.